The number of ether oxygens (including phenoxy) is 1. The van der Waals surface area contributed by atoms with Gasteiger partial charge in [0.1, 0.15) is 0 Å². The number of para-hydroxylation sites is 6. The number of nitrogens with zero attached hydrogens (tertiary/aromatic N) is 4. The van der Waals surface area contributed by atoms with E-state index in [1.54, 1.807) is 14.7 Å². The minimum absolute atomic E-state index is 0.105. The van der Waals surface area contributed by atoms with Gasteiger partial charge in [-0.2, -0.15) is 0 Å². The maximum atomic E-state index is 13.8. The van der Waals surface area contributed by atoms with E-state index in [9.17, 15) is 9.59 Å². The molecule has 37 heavy (non-hydrogen) atoms. The Morgan fingerprint density at radius 2 is 1.00 bits per heavy atom. The number of amides is 4. The molecule has 2 aliphatic rings. The number of carbonyl (C=O) groups excluding carboxylic acids is 2. The van der Waals surface area contributed by atoms with Gasteiger partial charge in [0, 0.05) is 26.2 Å². The number of carbonyl (C=O) groups is 2. The summed E-state index contributed by atoms with van der Waals surface area (Å²) in [4.78, 5) is 34.6. The number of rotatable bonds is 2. The first kappa shape index (κ1) is 22.7. The fraction of sp³-hybridized carbons (Fsp3) is 0.133. The highest BCUT2D eigenvalue weighted by Crippen LogP contribution is 2.46. The van der Waals surface area contributed by atoms with Crippen LogP contribution in [0.15, 0.2) is 109 Å². The quantitative estimate of drug-likeness (QED) is 0.317. The fourth-order valence-corrected chi connectivity index (χ4v) is 4.81. The van der Waals surface area contributed by atoms with Crippen molar-refractivity contribution in [2.45, 2.75) is 0 Å². The second kappa shape index (κ2) is 9.70. The summed E-state index contributed by atoms with van der Waals surface area (Å²) in [6.45, 7) is 1.75. The average molecular weight is 491 g/mol. The van der Waals surface area contributed by atoms with Gasteiger partial charge in [-0.15, -0.1) is 0 Å². The van der Waals surface area contributed by atoms with E-state index in [2.05, 4.69) is 0 Å². The number of urea groups is 2. The molecule has 6 rings (SSSR count). The predicted molar refractivity (Wildman–Crippen MR) is 144 cm³/mol. The van der Waals surface area contributed by atoms with E-state index in [4.69, 9.17) is 4.74 Å². The van der Waals surface area contributed by atoms with Crippen molar-refractivity contribution in [3.8, 4) is 11.5 Å². The largest absolute Gasteiger partial charge is 0.453 e. The molecule has 1 fully saturated rings. The molecule has 0 spiro atoms. The first-order chi connectivity index (χ1) is 18.2. The number of piperazine rings is 1. The third-order valence-electron chi connectivity index (χ3n) is 6.66. The highest BCUT2D eigenvalue weighted by atomic mass is 16.5. The van der Waals surface area contributed by atoms with Gasteiger partial charge in [-0.25, -0.2) is 9.59 Å². The Balaban J connectivity index is 1.22. The van der Waals surface area contributed by atoms with Gasteiger partial charge in [0.25, 0.3) is 0 Å². The van der Waals surface area contributed by atoms with Gasteiger partial charge in [0.05, 0.1) is 22.7 Å². The molecule has 4 aromatic carbocycles. The minimum atomic E-state index is -0.127. The zero-order valence-electron chi connectivity index (χ0n) is 20.2. The van der Waals surface area contributed by atoms with Crippen LogP contribution in [-0.2, 0) is 0 Å². The number of benzene rings is 4. The van der Waals surface area contributed by atoms with Crippen LogP contribution in [0.25, 0.3) is 0 Å². The van der Waals surface area contributed by atoms with Crippen LogP contribution in [0.1, 0.15) is 0 Å². The SMILES string of the molecule is O=C(N1CCN(C(=O)N2c3ccccc3Oc3ccccc32)CC1)N(c1ccccc1)c1ccccc1. The second-order valence-electron chi connectivity index (χ2n) is 8.92. The highest BCUT2D eigenvalue weighted by Gasteiger charge is 2.35. The third kappa shape index (κ3) is 4.25. The zero-order chi connectivity index (χ0) is 25.2. The van der Waals surface area contributed by atoms with Gasteiger partial charge in [-0.3, -0.25) is 9.80 Å². The van der Waals surface area contributed by atoms with E-state index in [-0.39, 0.29) is 12.1 Å². The lowest BCUT2D eigenvalue weighted by molar-refractivity contribution is 0.151. The van der Waals surface area contributed by atoms with Crippen LogP contribution in [0.5, 0.6) is 11.5 Å². The number of hydrogen-bond donors (Lipinski definition) is 0. The summed E-state index contributed by atoms with van der Waals surface area (Å²) in [6.07, 6.45) is 0. The van der Waals surface area contributed by atoms with Crippen LogP contribution in [0.2, 0.25) is 0 Å². The molecule has 4 amide bonds. The van der Waals surface area contributed by atoms with Crippen LogP contribution in [0.4, 0.5) is 32.3 Å². The summed E-state index contributed by atoms with van der Waals surface area (Å²) in [7, 11) is 0. The fourth-order valence-electron chi connectivity index (χ4n) is 4.81. The lowest BCUT2D eigenvalue weighted by Crippen LogP contribution is -2.55. The van der Waals surface area contributed by atoms with Crippen molar-refractivity contribution in [2.75, 3.05) is 36.0 Å². The van der Waals surface area contributed by atoms with Crippen molar-refractivity contribution in [3.05, 3.63) is 109 Å². The second-order valence-corrected chi connectivity index (χ2v) is 8.92. The number of fused-ring (bicyclic) bond motifs is 2. The molecule has 1 saturated heterocycles. The molecule has 2 heterocycles. The van der Waals surface area contributed by atoms with Crippen LogP contribution >= 0.6 is 0 Å². The third-order valence-corrected chi connectivity index (χ3v) is 6.66. The Labute approximate surface area is 215 Å². The minimum Gasteiger partial charge on any atom is -0.453 e. The lowest BCUT2D eigenvalue weighted by atomic mass is 10.1. The van der Waals surface area contributed by atoms with Crippen LogP contribution < -0.4 is 14.5 Å². The Kier molecular flexibility index (Phi) is 5.94. The Hall–Kier alpha value is -4.78. The van der Waals surface area contributed by atoms with Crippen LogP contribution in [-0.4, -0.2) is 48.0 Å². The van der Waals surface area contributed by atoms with E-state index in [0.717, 1.165) is 11.4 Å². The molecule has 0 aromatic heterocycles. The van der Waals surface area contributed by atoms with Crippen molar-refractivity contribution in [2.24, 2.45) is 0 Å². The molecule has 4 aromatic rings. The van der Waals surface area contributed by atoms with Crippen LogP contribution in [0, 0.1) is 0 Å². The predicted octanol–water partition coefficient (Wildman–Crippen LogP) is 6.63. The smallest absolute Gasteiger partial charge is 0.329 e. The first-order valence-corrected chi connectivity index (χ1v) is 12.3. The number of hydrogen-bond acceptors (Lipinski definition) is 3. The van der Waals surface area contributed by atoms with Gasteiger partial charge in [0.2, 0.25) is 0 Å². The van der Waals surface area contributed by atoms with Gasteiger partial charge >= 0.3 is 12.1 Å². The van der Waals surface area contributed by atoms with Crippen molar-refractivity contribution < 1.29 is 14.3 Å². The summed E-state index contributed by atoms with van der Waals surface area (Å²) < 4.78 is 6.03. The normalized spacial score (nSPS) is 14.3. The number of anilines is 4. The molecular formula is C30H26N4O3. The van der Waals surface area contributed by atoms with Gasteiger partial charge < -0.3 is 14.5 Å². The van der Waals surface area contributed by atoms with Gasteiger partial charge in [0.15, 0.2) is 11.5 Å². The Morgan fingerprint density at radius 3 is 1.51 bits per heavy atom. The van der Waals surface area contributed by atoms with E-state index in [1.165, 1.54) is 0 Å². The monoisotopic (exact) mass is 490 g/mol. The molecule has 0 N–H and O–H groups in total. The summed E-state index contributed by atoms with van der Waals surface area (Å²) in [5.41, 5.74) is 3.03. The summed E-state index contributed by atoms with van der Waals surface area (Å²) in [5, 5.41) is 0. The molecule has 0 saturated carbocycles. The van der Waals surface area contributed by atoms with Crippen molar-refractivity contribution in [3.63, 3.8) is 0 Å². The Bertz CT molecular complexity index is 1330. The lowest BCUT2D eigenvalue weighted by Gasteiger charge is -2.40. The zero-order valence-corrected chi connectivity index (χ0v) is 20.2. The van der Waals surface area contributed by atoms with Gasteiger partial charge in [-0.05, 0) is 48.5 Å². The topological polar surface area (TPSA) is 56.3 Å². The van der Waals surface area contributed by atoms with E-state index < -0.39 is 0 Å². The molecule has 0 atom stereocenters. The summed E-state index contributed by atoms with van der Waals surface area (Å²) in [5.74, 6) is 1.29. The van der Waals surface area contributed by atoms with E-state index in [0.29, 0.717) is 49.1 Å². The van der Waals surface area contributed by atoms with Crippen molar-refractivity contribution in [1.29, 1.82) is 0 Å². The Morgan fingerprint density at radius 1 is 0.568 bits per heavy atom. The molecule has 0 aliphatic carbocycles. The molecule has 0 radical (unpaired) electrons. The molecule has 0 bridgehead atoms. The molecule has 7 heteroatoms. The van der Waals surface area contributed by atoms with Crippen molar-refractivity contribution >= 4 is 34.8 Å². The average Bonchev–Trinajstić information content (AvgIpc) is 2.97. The van der Waals surface area contributed by atoms with Gasteiger partial charge in [-0.1, -0.05) is 60.7 Å². The standard InChI is InChI=1S/C30H26N4O3/c35-29(33(23-11-3-1-4-12-23)24-13-5-2-6-14-24)31-19-21-32(22-20-31)30(36)34-25-15-7-9-17-27(25)37-28-18-10-8-16-26(28)34/h1-18H,19-22H2. The maximum Gasteiger partial charge on any atom is 0.329 e. The molecule has 0 unspecified atom stereocenters. The first-order valence-electron chi connectivity index (χ1n) is 12.3. The molecule has 7 nitrogen and oxygen atoms in total. The van der Waals surface area contributed by atoms with Crippen molar-refractivity contribution in [1.82, 2.24) is 9.80 Å². The molecule has 184 valence electrons. The highest BCUT2D eigenvalue weighted by molar-refractivity contribution is 6.04. The molecular weight excluding hydrogens is 464 g/mol. The van der Waals surface area contributed by atoms with Crippen LogP contribution in [0.3, 0.4) is 0 Å². The summed E-state index contributed by atoms with van der Waals surface area (Å²) >= 11 is 0. The van der Waals surface area contributed by atoms with E-state index in [1.807, 2.05) is 114 Å². The van der Waals surface area contributed by atoms with E-state index >= 15 is 0 Å². The maximum absolute atomic E-state index is 13.8. The summed E-state index contributed by atoms with van der Waals surface area (Å²) in [6, 6.07) is 34.1. The molecule has 2 aliphatic heterocycles.